The molecule has 0 spiro atoms. The van der Waals surface area contributed by atoms with E-state index in [-0.39, 0.29) is 5.54 Å². The molecule has 2 saturated carbocycles. The van der Waals surface area contributed by atoms with Crippen LogP contribution in [-0.4, -0.2) is 49.8 Å². The van der Waals surface area contributed by atoms with Crippen molar-refractivity contribution in [2.45, 2.75) is 44.2 Å². The number of likely N-dealkylation sites (N-methyl/N-ethyl adjacent to an activating group) is 1. The standard InChI is InChI=1S/C14H25N3O/c1-3-18-9-8-17(2)11-14(10-15,12-4-5-12)16-13-6-7-13/h12-13,16H,3-9,11H2,1-2H3. The fraction of sp³-hybridized carbons (Fsp3) is 0.929. The summed E-state index contributed by atoms with van der Waals surface area (Å²) in [5, 5.41) is 13.2. The van der Waals surface area contributed by atoms with Gasteiger partial charge < -0.3 is 9.64 Å². The van der Waals surface area contributed by atoms with Gasteiger partial charge in [-0.15, -0.1) is 0 Å². The van der Waals surface area contributed by atoms with Crippen molar-refractivity contribution in [1.29, 1.82) is 5.26 Å². The first kappa shape index (κ1) is 13.8. The minimum atomic E-state index is -0.317. The van der Waals surface area contributed by atoms with E-state index >= 15 is 0 Å². The van der Waals surface area contributed by atoms with Gasteiger partial charge in [0.2, 0.25) is 0 Å². The number of hydrogen-bond acceptors (Lipinski definition) is 4. The van der Waals surface area contributed by atoms with Crippen LogP contribution in [-0.2, 0) is 4.74 Å². The van der Waals surface area contributed by atoms with Gasteiger partial charge in [-0.3, -0.25) is 5.32 Å². The summed E-state index contributed by atoms with van der Waals surface area (Å²) >= 11 is 0. The van der Waals surface area contributed by atoms with E-state index < -0.39 is 0 Å². The number of nitrogens with one attached hydrogen (secondary N) is 1. The Morgan fingerprint density at radius 1 is 1.39 bits per heavy atom. The lowest BCUT2D eigenvalue weighted by molar-refractivity contribution is 0.112. The number of ether oxygens (including phenoxy) is 1. The van der Waals surface area contributed by atoms with Crippen LogP contribution in [0.5, 0.6) is 0 Å². The molecular weight excluding hydrogens is 226 g/mol. The summed E-state index contributed by atoms with van der Waals surface area (Å²) in [4.78, 5) is 2.23. The minimum absolute atomic E-state index is 0.317. The van der Waals surface area contributed by atoms with Crippen LogP contribution in [0.3, 0.4) is 0 Å². The largest absolute Gasteiger partial charge is 0.380 e. The fourth-order valence-corrected chi connectivity index (χ4v) is 2.49. The highest BCUT2D eigenvalue weighted by Crippen LogP contribution is 2.41. The van der Waals surface area contributed by atoms with Crippen LogP contribution in [0.1, 0.15) is 32.6 Å². The highest BCUT2D eigenvalue weighted by molar-refractivity contribution is 5.18. The average Bonchev–Trinajstić information content (AvgIpc) is 3.21. The second-order valence-corrected chi connectivity index (χ2v) is 5.71. The summed E-state index contributed by atoms with van der Waals surface area (Å²) in [6.07, 6.45) is 4.87. The lowest BCUT2D eigenvalue weighted by Crippen LogP contribution is -2.55. The maximum Gasteiger partial charge on any atom is 0.122 e. The average molecular weight is 251 g/mol. The van der Waals surface area contributed by atoms with E-state index in [1.54, 1.807) is 0 Å². The molecule has 4 heteroatoms. The molecule has 1 N–H and O–H groups in total. The molecule has 0 aromatic heterocycles. The second-order valence-electron chi connectivity index (χ2n) is 5.71. The molecule has 2 rings (SSSR count). The van der Waals surface area contributed by atoms with Crippen molar-refractivity contribution in [2.75, 3.05) is 33.4 Å². The SMILES string of the molecule is CCOCCN(C)CC(C#N)(NC1CC1)C1CC1. The second kappa shape index (κ2) is 6.01. The Labute approximate surface area is 110 Å². The van der Waals surface area contributed by atoms with Gasteiger partial charge in [0.1, 0.15) is 5.54 Å². The van der Waals surface area contributed by atoms with Gasteiger partial charge in [0, 0.05) is 25.7 Å². The van der Waals surface area contributed by atoms with Gasteiger partial charge in [-0.25, -0.2) is 0 Å². The molecule has 1 atom stereocenters. The van der Waals surface area contributed by atoms with E-state index in [1.165, 1.54) is 25.7 Å². The Bertz CT molecular complexity index is 307. The molecule has 102 valence electrons. The molecule has 2 aliphatic rings. The van der Waals surface area contributed by atoms with Crippen LogP contribution < -0.4 is 5.32 Å². The van der Waals surface area contributed by atoms with Crippen molar-refractivity contribution in [1.82, 2.24) is 10.2 Å². The molecule has 0 amide bonds. The molecule has 2 fully saturated rings. The lowest BCUT2D eigenvalue weighted by Gasteiger charge is -2.32. The van der Waals surface area contributed by atoms with Crippen molar-refractivity contribution in [3.05, 3.63) is 0 Å². The highest BCUT2D eigenvalue weighted by atomic mass is 16.5. The third-order valence-electron chi connectivity index (χ3n) is 3.85. The summed E-state index contributed by atoms with van der Waals surface area (Å²) in [6, 6.07) is 3.17. The number of hydrogen-bond donors (Lipinski definition) is 1. The summed E-state index contributed by atoms with van der Waals surface area (Å²) in [7, 11) is 2.09. The van der Waals surface area contributed by atoms with Crippen LogP contribution >= 0.6 is 0 Å². The molecule has 18 heavy (non-hydrogen) atoms. The van der Waals surface area contributed by atoms with Crippen LogP contribution in [0.15, 0.2) is 0 Å². The molecule has 0 saturated heterocycles. The molecule has 2 aliphatic carbocycles. The maximum atomic E-state index is 9.61. The first-order valence-electron chi connectivity index (χ1n) is 7.15. The molecule has 0 aromatic rings. The van der Waals surface area contributed by atoms with Gasteiger partial charge in [0.25, 0.3) is 0 Å². The molecular formula is C14H25N3O. The van der Waals surface area contributed by atoms with E-state index in [0.717, 1.165) is 26.3 Å². The normalized spacial score (nSPS) is 22.8. The zero-order valence-electron chi connectivity index (χ0n) is 11.6. The minimum Gasteiger partial charge on any atom is -0.380 e. The van der Waals surface area contributed by atoms with E-state index in [4.69, 9.17) is 4.74 Å². The molecule has 0 aromatic carbocycles. The maximum absolute atomic E-state index is 9.61. The Balaban J connectivity index is 1.85. The van der Waals surface area contributed by atoms with Crippen molar-refractivity contribution in [3.8, 4) is 6.07 Å². The van der Waals surface area contributed by atoms with Gasteiger partial charge in [0.15, 0.2) is 0 Å². The van der Waals surface area contributed by atoms with Gasteiger partial charge in [-0.2, -0.15) is 5.26 Å². The highest BCUT2D eigenvalue weighted by Gasteiger charge is 2.48. The van der Waals surface area contributed by atoms with Crippen molar-refractivity contribution < 1.29 is 4.74 Å². The Hall–Kier alpha value is -0.630. The van der Waals surface area contributed by atoms with E-state index in [1.807, 2.05) is 6.92 Å². The van der Waals surface area contributed by atoms with Crippen LogP contribution in [0.4, 0.5) is 0 Å². The molecule has 4 nitrogen and oxygen atoms in total. The first-order valence-corrected chi connectivity index (χ1v) is 7.15. The monoisotopic (exact) mass is 251 g/mol. The molecule has 0 aliphatic heterocycles. The predicted octanol–water partition coefficient (Wildman–Crippen LogP) is 1.38. The Kier molecular flexibility index (Phi) is 4.60. The summed E-state index contributed by atoms with van der Waals surface area (Å²) in [6.45, 7) is 5.25. The van der Waals surface area contributed by atoms with Crippen molar-refractivity contribution in [3.63, 3.8) is 0 Å². The zero-order valence-corrected chi connectivity index (χ0v) is 11.6. The van der Waals surface area contributed by atoms with Crippen molar-refractivity contribution >= 4 is 0 Å². The summed E-state index contributed by atoms with van der Waals surface area (Å²) < 4.78 is 5.38. The van der Waals surface area contributed by atoms with E-state index in [0.29, 0.717) is 12.0 Å². The summed E-state index contributed by atoms with van der Waals surface area (Å²) in [5.74, 6) is 0.553. The third kappa shape index (κ3) is 3.68. The van der Waals surface area contributed by atoms with E-state index in [9.17, 15) is 5.26 Å². The zero-order chi connectivity index (χ0) is 13.0. The van der Waals surface area contributed by atoms with Crippen LogP contribution in [0.25, 0.3) is 0 Å². The molecule has 0 bridgehead atoms. The van der Waals surface area contributed by atoms with Gasteiger partial charge in [-0.1, -0.05) is 0 Å². The third-order valence-corrected chi connectivity index (χ3v) is 3.85. The number of nitriles is 1. The van der Waals surface area contributed by atoms with Gasteiger partial charge in [-0.05, 0) is 45.6 Å². The smallest absolute Gasteiger partial charge is 0.122 e. The Morgan fingerprint density at radius 2 is 2.11 bits per heavy atom. The fourth-order valence-electron chi connectivity index (χ4n) is 2.49. The predicted molar refractivity (Wildman–Crippen MR) is 71.2 cm³/mol. The lowest BCUT2D eigenvalue weighted by atomic mass is 9.94. The molecule has 1 unspecified atom stereocenters. The van der Waals surface area contributed by atoms with Crippen LogP contribution in [0.2, 0.25) is 0 Å². The summed E-state index contributed by atoms with van der Waals surface area (Å²) in [5.41, 5.74) is -0.317. The molecule has 0 radical (unpaired) electrons. The van der Waals surface area contributed by atoms with Gasteiger partial charge in [0.05, 0.1) is 12.7 Å². The first-order chi connectivity index (χ1) is 8.70. The Morgan fingerprint density at radius 3 is 2.61 bits per heavy atom. The van der Waals surface area contributed by atoms with E-state index in [2.05, 4.69) is 23.3 Å². The number of rotatable bonds is 9. The van der Waals surface area contributed by atoms with Gasteiger partial charge >= 0.3 is 0 Å². The van der Waals surface area contributed by atoms with Crippen LogP contribution in [0, 0.1) is 17.2 Å². The number of nitrogens with zero attached hydrogens (tertiary/aromatic N) is 2. The topological polar surface area (TPSA) is 48.3 Å². The quantitative estimate of drug-likeness (QED) is 0.629. The molecule has 0 heterocycles. The van der Waals surface area contributed by atoms with Crippen molar-refractivity contribution in [2.24, 2.45) is 5.92 Å².